The average Bonchev–Trinajstić information content (AvgIpc) is 3.42. The summed E-state index contributed by atoms with van der Waals surface area (Å²) in [5, 5.41) is 3.66. The van der Waals surface area contributed by atoms with Crippen LogP contribution in [-0.2, 0) is 6.42 Å². The van der Waals surface area contributed by atoms with Crippen molar-refractivity contribution in [1.82, 2.24) is 26.1 Å². The van der Waals surface area contributed by atoms with Crippen molar-refractivity contribution in [3.8, 4) is 0 Å². The highest BCUT2D eigenvalue weighted by Crippen LogP contribution is 2.40. The molecule has 5 atom stereocenters. The highest BCUT2D eigenvalue weighted by molar-refractivity contribution is 6.30. The summed E-state index contributed by atoms with van der Waals surface area (Å²) in [4.78, 5) is 21.2. The SMILES string of the molecule is Cc1ccc(C(=O)N[C@@H](Cc2ccccc2)c2nc(Cl)c(C3CCC4C(N)NNC4C3)[nH]2)cc1. The normalized spacial score (nSPS) is 25.0. The number of amides is 1. The minimum absolute atomic E-state index is 0.00834. The molecule has 1 saturated carbocycles. The molecular weight excluding hydrogens is 448 g/mol. The molecule has 5 rings (SSSR count). The monoisotopic (exact) mass is 478 g/mol. The van der Waals surface area contributed by atoms with Gasteiger partial charge in [-0.25, -0.2) is 10.4 Å². The first-order chi connectivity index (χ1) is 16.5. The van der Waals surface area contributed by atoms with Crippen molar-refractivity contribution < 1.29 is 4.79 Å². The molecule has 8 heteroatoms. The molecule has 2 fully saturated rings. The van der Waals surface area contributed by atoms with Gasteiger partial charge in [-0.3, -0.25) is 10.2 Å². The second kappa shape index (κ2) is 9.88. The van der Waals surface area contributed by atoms with Crippen LogP contribution in [-0.4, -0.2) is 28.1 Å². The average molecular weight is 479 g/mol. The Labute approximate surface area is 204 Å². The van der Waals surface area contributed by atoms with E-state index in [1.165, 1.54) is 0 Å². The number of hydrazine groups is 1. The lowest BCUT2D eigenvalue weighted by Crippen LogP contribution is -2.39. The van der Waals surface area contributed by atoms with Gasteiger partial charge in [0, 0.05) is 23.4 Å². The fraction of sp³-hybridized carbons (Fsp3) is 0.385. The Morgan fingerprint density at radius 3 is 2.68 bits per heavy atom. The van der Waals surface area contributed by atoms with Gasteiger partial charge >= 0.3 is 0 Å². The van der Waals surface area contributed by atoms with Crippen molar-refractivity contribution in [3.05, 3.63) is 88.0 Å². The molecule has 3 aromatic rings. The van der Waals surface area contributed by atoms with E-state index in [0.717, 1.165) is 36.1 Å². The number of nitrogens with zero attached hydrogens (tertiary/aromatic N) is 1. The van der Waals surface area contributed by atoms with Crippen LogP contribution < -0.4 is 21.9 Å². The predicted octanol–water partition coefficient (Wildman–Crippen LogP) is 3.73. The van der Waals surface area contributed by atoms with Gasteiger partial charge in [-0.1, -0.05) is 59.6 Å². The van der Waals surface area contributed by atoms with E-state index in [9.17, 15) is 4.79 Å². The Kier molecular flexibility index (Phi) is 6.70. The van der Waals surface area contributed by atoms with Crippen LogP contribution in [0.15, 0.2) is 54.6 Å². The summed E-state index contributed by atoms with van der Waals surface area (Å²) in [5.41, 5.74) is 16.4. The number of hydrogen-bond acceptors (Lipinski definition) is 5. The molecule has 1 amide bonds. The van der Waals surface area contributed by atoms with Crippen LogP contribution in [0, 0.1) is 12.8 Å². The van der Waals surface area contributed by atoms with Crippen LogP contribution >= 0.6 is 11.6 Å². The third-order valence-electron chi connectivity index (χ3n) is 7.14. The van der Waals surface area contributed by atoms with Crippen LogP contribution in [0.5, 0.6) is 0 Å². The maximum absolute atomic E-state index is 13.1. The minimum atomic E-state index is -0.335. The van der Waals surface area contributed by atoms with Crippen molar-refractivity contribution in [2.75, 3.05) is 0 Å². The first-order valence-corrected chi connectivity index (χ1v) is 12.3. The summed E-state index contributed by atoms with van der Waals surface area (Å²) in [6.07, 6.45) is 3.56. The van der Waals surface area contributed by atoms with Gasteiger partial charge in [0.05, 0.1) is 17.9 Å². The second-order valence-electron chi connectivity index (χ2n) is 9.50. The van der Waals surface area contributed by atoms with Gasteiger partial charge in [0.1, 0.15) is 5.82 Å². The molecule has 4 unspecified atom stereocenters. The summed E-state index contributed by atoms with van der Waals surface area (Å²) in [5.74, 6) is 1.24. The van der Waals surface area contributed by atoms with E-state index in [4.69, 9.17) is 17.3 Å². The van der Waals surface area contributed by atoms with Crippen molar-refractivity contribution in [2.45, 2.75) is 56.8 Å². The van der Waals surface area contributed by atoms with Gasteiger partial charge in [0.25, 0.3) is 5.91 Å². The Balaban J connectivity index is 1.38. The number of nitrogens with one attached hydrogen (secondary N) is 4. The number of carbonyl (C=O) groups is 1. The molecule has 0 radical (unpaired) electrons. The number of aryl methyl sites for hydroxylation is 1. The maximum atomic E-state index is 13.1. The Morgan fingerprint density at radius 2 is 1.91 bits per heavy atom. The van der Waals surface area contributed by atoms with Crippen molar-refractivity contribution in [1.29, 1.82) is 0 Å². The number of aromatic amines is 1. The Morgan fingerprint density at radius 1 is 1.15 bits per heavy atom. The first kappa shape index (κ1) is 23.1. The number of halogens is 1. The lowest BCUT2D eigenvalue weighted by atomic mass is 9.77. The second-order valence-corrected chi connectivity index (χ2v) is 9.86. The number of imidazole rings is 1. The number of rotatable bonds is 6. The van der Waals surface area contributed by atoms with Crippen molar-refractivity contribution >= 4 is 17.5 Å². The topological polar surface area (TPSA) is 108 Å². The number of nitrogens with two attached hydrogens (primary N) is 1. The number of benzene rings is 2. The van der Waals surface area contributed by atoms with Crippen LogP contribution in [0.25, 0.3) is 0 Å². The molecule has 0 spiro atoms. The van der Waals surface area contributed by atoms with E-state index in [1.807, 2.05) is 49.4 Å². The molecule has 1 saturated heterocycles. The summed E-state index contributed by atoms with van der Waals surface area (Å²) < 4.78 is 0. The molecular formula is C26H31ClN6O. The first-order valence-electron chi connectivity index (χ1n) is 11.9. The molecule has 2 aromatic carbocycles. The van der Waals surface area contributed by atoms with E-state index < -0.39 is 0 Å². The largest absolute Gasteiger partial charge is 0.343 e. The zero-order chi connectivity index (χ0) is 23.7. The number of hydrogen-bond donors (Lipinski definition) is 5. The molecule has 2 aliphatic rings. The van der Waals surface area contributed by atoms with Gasteiger partial charge in [0.2, 0.25) is 0 Å². The molecule has 34 heavy (non-hydrogen) atoms. The van der Waals surface area contributed by atoms with Crippen molar-refractivity contribution in [3.63, 3.8) is 0 Å². The highest BCUT2D eigenvalue weighted by atomic mass is 35.5. The zero-order valence-electron chi connectivity index (χ0n) is 19.2. The van der Waals surface area contributed by atoms with Crippen molar-refractivity contribution in [2.24, 2.45) is 11.7 Å². The molecule has 178 valence electrons. The smallest absolute Gasteiger partial charge is 0.251 e. The lowest BCUT2D eigenvalue weighted by Gasteiger charge is -2.31. The van der Waals surface area contributed by atoms with Gasteiger partial charge in [-0.2, -0.15) is 0 Å². The standard InChI is InChI=1S/C26H31ClN6O/c1-15-7-9-17(10-8-15)26(34)29-21(13-16-5-3-2-4-6-16)25-30-22(23(27)31-25)18-11-12-19-20(14-18)32-33-24(19)28/h2-10,18-21,24,32-33H,11-14,28H2,1H3,(H,29,34)(H,30,31)/t18?,19?,20?,21-,24?/m0/s1. The van der Waals surface area contributed by atoms with E-state index in [-0.39, 0.29) is 24.0 Å². The van der Waals surface area contributed by atoms with Crippen LogP contribution in [0.1, 0.15) is 64.2 Å². The molecule has 7 nitrogen and oxygen atoms in total. The van der Waals surface area contributed by atoms with Crippen LogP contribution in [0.2, 0.25) is 5.15 Å². The van der Waals surface area contributed by atoms with Gasteiger partial charge < -0.3 is 16.0 Å². The van der Waals surface area contributed by atoms with E-state index >= 15 is 0 Å². The fourth-order valence-corrected chi connectivity index (χ4v) is 5.49. The van der Waals surface area contributed by atoms with Gasteiger partial charge in [0.15, 0.2) is 5.15 Å². The van der Waals surface area contributed by atoms with E-state index in [1.54, 1.807) is 0 Å². The summed E-state index contributed by atoms with van der Waals surface area (Å²) in [7, 11) is 0. The Bertz CT molecular complexity index is 1130. The van der Waals surface area contributed by atoms with E-state index in [0.29, 0.717) is 34.9 Å². The number of carbonyl (C=O) groups excluding carboxylic acids is 1. The molecule has 1 aliphatic carbocycles. The number of fused-ring (bicyclic) bond motifs is 1. The minimum Gasteiger partial charge on any atom is -0.343 e. The highest BCUT2D eigenvalue weighted by Gasteiger charge is 2.40. The molecule has 1 aromatic heterocycles. The van der Waals surface area contributed by atoms with Crippen LogP contribution in [0.4, 0.5) is 0 Å². The van der Waals surface area contributed by atoms with Gasteiger partial charge in [-0.15, -0.1) is 0 Å². The van der Waals surface area contributed by atoms with Crippen LogP contribution in [0.3, 0.4) is 0 Å². The lowest BCUT2D eigenvalue weighted by molar-refractivity contribution is 0.0935. The summed E-state index contributed by atoms with van der Waals surface area (Å²) >= 11 is 6.65. The molecule has 2 heterocycles. The van der Waals surface area contributed by atoms with Gasteiger partial charge in [-0.05, 0) is 50.3 Å². The van der Waals surface area contributed by atoms with E-state index in [2.05, 4.69) is 38.3 Å². The molecule has 6 N–H and O–H groups in total. The number of H-pyrrole nitrogens is 1. The third kappa shape index (κ3) is 4.88. The fourth-order valence-electron chi connectivity index (χ4n) is 5.19. The molecule has 0 bridgehead atoms. The number of aromatic nitrogens is 2. The molecule has 1 aliphatic heterocycles. The quantitative estimate of drug-likeness (QED) is 0.371. The Hall–Kier alpha value is -2.71. The summed E-state index contributed by atoms with van der Waals surface area (Å²) in [6.45, 7) is 2.00. The predicted molar refractivity (Wildman–Crippen MR) is 133 cm³/mol. The summed E-state index contributed by atoms with van der Waals surface area (Å²) in [6, 6.07) is 17.7. The third-order valence-corrected chi connectivity index (χ3v) is 7.43. The zero-order valence-corrected chi connectivity index (χ0v) is 20.0. The maximum Gasteiger partial charge on any atom is 0.251 e.